The van der Waals surface area contributed by atoms with Crippen molar-refractivity contribution in [2.24, 2.45) is 0 Å². The number of benzene rings is 2. The Hall–Kier alpha value is -2.21. The van der Waals surface area contributed by atoms with Crippen LogP contribution in [0.5, 0.6) is 0 Å². The van der Waals surface area contributed by atoms with Crippen LogP contribution in [0, 0.1) is 0 Å². The summed E-state index contributed by atoms with van der Waals surface area (Å²) in [6, 6.07) is 18.4. The van der Waals surface area contributed by atoms with Crippen LogP contribution in [-0.2, 0) is 4.74 Å². The second-order valence-electron chi connectivity index (χ2n) is 5.91. The molecule has 0 bridgehead atoms. The molecular weight excluding hydrogens is 338 g/mol. The number of ether oxygens (including phenoxy) is 1. The Morgan fingerprint density at radius 1 is 0.960 bits per heavy atom. The van der Waals surface area contributed by atoms with E-state index in [1.54, 1.807) is 0 Å². The molecule has 2 aromatic carbocycles. The maximum absolute atomic E-state index is 5.63. The van der Waals surface area contributed by atoms with Gasteiger partial charge in [-0.25, -0.2) is 0 Å². The lowest BCUT2D eigenvalue weighted by molar-refractivity contribution is -0.00136. The Balaban J connectivity index is 0.00000182. The lowest BCUT2D eigenvalue weighted by Crippen LogP contribution is -2.40. The molecule has 2 heterocycles. The lowest BCUT2D eigenvalue weighted by atomic mass is 10.0. The minimum absolute atomic E-state index is 0. The predicted octanol–water partition coefficient (Wildman–Crippen LogP) is 3.87. The Morgan fingerprint density at radius 2 is 1.64 bits per heavy atom. The van der Waals surface area contributed by atoms with Gasteiger partial charge >= 0.3 is 0 Å². The van der Waals surface area contributed by atoms with Crippen molar-refractivity contribution in [1.29, 1.82) is 0 Å². The van der Waals surface area contributed by atoms with Gasteiger partial charge in [0.2, 0.25) is 11.7 Å². The number of aromatic nitrogens is 2. The zero-order chi connectivity index (χ0) is 16.4. The number of hydrogen-bond acceptors (Lipinski definition) is 5. The Bertz CT molecular complexity index is 805. The lowest BCUT2D eigenvalue weighted by Gasteiger charge is -2.27. The molecule has 1 aromatic heterocycles. The average Bonchev–Trinajstić information content (AvgIpc) is 3.13. The van der Waals surface area contributed by atoms with Crippen LogP contribution in [-0.4, -0.2) is 29.4 Å². The van der Waals surface area contributed by atoms with Gasteiger partial charge in [0.15, 0.2) is 0 Å². The summed E-state index contributed by atoms with van der Waals surface area (Å²) in [5, 5.41) is 7.48. The fourth-order valence-electron chi connectivity index (χ4n) is 2.93. The van der Waals surface area contributed by atoms with Crippen LogP contribution in [0.3, 0.4) is 0 Å². The zero-order valence-corrected chi connectivity index (χ0v) is 14.7. The summed E-state index contributed by atoms with van der Waals surface area (Å²) >= 11 is 0. The molecule has 4 rings (SSSR count). The first kappa shape index (κ1) is 17.6. The smallest absolute Gasteiger partial charge is 0.246 e. The van der Waals surface area contributed by atoms with Crippen LogP contribution >= 0.6 is 12.4 Å². The third-order valence-electron chi connectivity index (χ3n) is 4.27. The van der Waals surface area contributed by atoms with Crippen molar-refractivity contribution in [3.05, 3.63) is 60.5 Å². The van der Waals surface area contributed by atoms with Crippen LogP contribution in [0.2, 0.25) is 0 Å². The summed E-state index contributed by atoms with van der Waals surface area (Å²) in [7, 11) is 0. The number of rotatable bonds is 3. The van der Waals surface area contributed by atoms with Crippen LogP contribution in [0.25, 0.3) is 22.5 Å². The molecule has 0 unspecified atom stereocenters. The minimum Gasteiger partial charge on any atom is -0.375 e. The maximum atomic E-state index is 5.63. The second kappa shape index (κ2) is 7.78. The standard InChI is InChI=1S/C19H19N3O2.ClH/c1-13-17(20-11-12-23-13)19-21-18(22-24-19)16-9-7-15(8-10-16)14-5-3-2-4-6-14;/h2-10,13,17,20H,11-12H2,1H3;1H/t13-,17+;/m1./s1. The third-order valence-corrected chi connectivity index (χ3v) is 4.27. The topological polar surface area (TPSA) is 60.2 Å². The highest BCUT2D eigenvalue weighted by Gasteiger charge is 2.28. The van der Waals surface area contributed by atoms with Gasteiger partial charge in [0, 0.05) is 12.1 Å². The molecule has 5 nitrogen and oxygen atoms in total. The van der Waals surface area contributed by atoms with E-state index in [0.717, 1.165) is 12.1 Å². The van der Waals surface area contributed by atoms with Crippen molar-refractivity contribution >= 4 is 12.4 Å². The highest BCUT2D eigenvalue weighted by molar-refractivity contribution is 5.85. The van der Waals surface area contributed by atoms with Gasteiger partial charge in [0.25, 0.3) is 0 Å². The molecule has 1 saturated heterocycles. The molecule has 6 heteroatoms. The van der Waals surface area contributed by atoms with E-state index < -0.39 is 0 Å². The van der Waals surface area contributed by atoms with Gasteiger partial charge < -0.3 is 14.6 Å². The van der Waals surface area contributed by atoms with Crippen molar-refractivity contribution in [1.82, 2.24) is 15.5 Å². The van der Waals surface area contributed by atoms with Crippen LogP contribution in [0.1, 0.15) is 18.9 Å². The summed E-state index contributed by atoms with van der Waals surface area (Å²) < 4.78 is 11.1. The molecule has 3 aromatic rings. The molecule has 1 aliphatic heterocycles. The van der Waals surface area contributed by atoms with Crippen LogP contribution < -0.4 is 5.32 Å². The largest absolute Gasteiger partial charge is 0.375 e. The van der Waals surface area contributed by atoms with E-state index in [4.69, 9.17) is 9.26 Å². The van der Waals surface area contributed by atoms with Gasteiger partial charge in [-0.3, -0.25) is 0 Å². The van der Waals surface area contributed by atoms with Gasteiger partial charge in [-0.05, 0) is 18.1 Å². The summed E-state index contributed by atoms with van der Waals surface area (Å²) in [4.78, 5) is 4.54. The number of nitrogens with one attached hydrogen (secondary N) is 1. The maximum Gasteiger partial charge on any atom is 0.246 e. The normalized spacial score (nSPS) is 20.0. The van der Waals surface area contributed by atoms with Gasteiger partial charge in [-0.2, -0.15) is 4.98 Å². The quantitative estimate of drug-likeness (QED) is 0.771. The fourth-order valence-corrected chi connectivity index (χ4v) is 2.93. The highest BCUT2D eigenvalue weighted by atomic mass is 35.5. The molecule has 0 aliphatic carbocycles. The SMILES string of the molecule is C[C@H]1OCCN[C@@H]1c1nc(-c2ccc(-c3ccccc3)cc2)no1.Cl. The number of morpholine rings is 1. The van der Waals surface area contributed by atoms with E-state index in [1.165, 1.54) is 11.1 Å². The molecule has 130 valence electrons. The molecule has 0 radical (unpaired) electrons. The van der Waals surface area contributed by atoms with Crippen molar-refractivity contribution in [2.75, 3.05) is 13.2 Å². The van der Waals surface area contributed by atoms with E-state index >= 15 is 0 Å². The van der Waals surface area contributed by atoms with Crippen molar-refractivity contribution in [2.45, 2.75) is 19.1 Å². The van der Waals surface area contributed by atoms with Crippen molar-refractivity contribution < 1.29 is 9.26 Å². The van der Waals surface area contributed by atoms with Gasteiger partial charge in [0.1, 0.15) is 6.04 Å². The molecule has 2 atom stereocenters. The molecule has 0 spiro atoms. The second-order valence-corrected chi connectivity index (χ2v) is 5.91. The van der Waals surface area contributed by atoms with Crippen LogP contribution in [0.4, 0.5) is 0 Å². The van der Waals surface area contributed by atoms with Gasteiger partial charge in [-0.1, -0.05) is 59.8 Å². The first-order chi connectivity index (χ1) is 11.8. The Labute approximate surface area is 152 Å². The summed E-state index contributed by atoms with van der Waals surface area (Å²) in [6.07, 6.45) is 0.0208. The van der Waals surface area contributed by atoms with Crippen LogP contribution in [0.15, 0.2) is 59.1 Å². The average molecular weight is 358 g/mol. The predicted molar refractivity (Wildman–Crippen MR) is 98.6 cm³/mol. The molecule has 1 fully saturated rings. The van der Waals surface area contributed by atoms with Crippen molar-refractivity contribution in [3.8, 4) is 22.5 Å². The molecular formula is C19H20ClN3O2. The van der Waals surface area contributed by atoms with E-state index in [9.17, 15) is 0 Å². The van der Waals surface area contributed by atoms with E-state index in [-0.39, 0.29) is 24.6 Å². The van der Waals surface area contributed by atoms with Crippen molar-refractivity contribution in [3.63, 3.8) is 0 Å². The summed E-state index contributed by atoms with van der Waals surface area (Å²) in [6.45, 7) is 3.51. The molecule has 0 saturated carbocycles. The number of halogens is 1. The summed E-state index contributed by atoms with van der Waals surface area (Å²) in [5.74, 6) is 1.17. The van der Waals surface area contributed by atoms with Gasteiger partial charge in [0.05, 0.1) is 12.7 Å². The number of hydrogen-bond donors (Lipinski definition) is 1. The Morgan fingerprint density at radius 3 is 2.36 bits per heavy atom. The van der Waals surface area contributed by atoms with E-state index in [1.807, 2.05) is 37.3 Å². The van der Waals surface area contributed by atoms with E-state index in [2.05, 4.69) is 39.7 Å². The first-order valence-corrected chi connectivity index (χ1v) is 8.16. The zero-order valence-electron chi connectivity index (χ0n) is 13.9. The van der Waals surface area contributed by atoms with Gasteiger partial charge in [-0.15, -0.1) is 12.4 Å². The van der Waals surface area contributed by atoms with E-state index in [0.29, 0.717) is 18.3 Å². The summed E-state index contributed by atoms with van der Waals surface area (Å²) in [5.41, 5.74) is 3.29. The molecule has 25 heavy (non-hydrogen) atoms. The number of nitrogens with zero attached hydrogens (tertiary/aromatic N) is 2. The molecule has 1 N–H and O–H groups in total. The highest BCUT2D eigenvalue weighted by Crippen LogP contribution is 2.26. The molecule has 1 aliphatic rings. The first-order valence-electron chi connectivity index (χ1n) is 8.16. The molecule has 0 amide bonds. The third kappa shape index (κ3) is 3.74. The Kier molecular flexibility index (Phi) is 5.48. The fraction of sp³-hybridized carbons (Fsp3) is 0.263. The minimum atomic E-state index is -0.0522. The monoisotopic (exact) mass is 357 g/mol.